The Labute approximate surface area is 150 Å². The number of benzene rings is 4. The van der Waals surface area contributed by atoms with Crippen LogP contribution < -0.4 is 0 Å². The van der Waals surface area contributed by atoms with E-state index in [2.05, 4.69) is 36.4 Å². The SMILES string of the molecule is Fc1cccc2oc3ccc(-c4cccc(-c5ccccc5)c4)cc3c12. The molecule has 1 aromatic heterocycles. The van der Waals surface area contributed by atoms with E-state index in [0.717, 1.165) is 22.1 Å². The lowest BCUT2D eigenvalue weighted by Gasteiger charge is -2.06. The molecule has 0 fully saturated rings. The zero-order chi connectivity index (χ0) is 17.5. The number of rotatable bonds is 2. The van der Waals surface area contributed by atoms with Crippen molar-refractivity contribution < 1.29 is 8.81 Å². The highest BCUT2D eigenvalue weighted by Crippen LogP contribution is 2.34. The Balaban J connectivity index is 1.69. The first-order valence-corrected chi connectivity index (χ1v) is 8.56. The third kappa shape index (κ3) is 2.39. The zero-order valence-electron chi connectivity index (χ0n) is 13.9. The number of hydrogen-bond acceptors (Lipinski definition) is 1. The van der Waals surface area contributed by atoms with E-state index in [-0.39, 0.29) is 5.82 Å². The summed E-state index contributed by atoms with van der Waals surface area (Å²) in [5, 5.41) is 1.35. The van der Waals surface area contributed by atoms with Crippen LogP contribution >= 0.6 is 0 Å². The monoisotopic (exact) mass is 338 g/mol. The summed E-state index contributed by atoms with van der Waals surface area (Å²) in [5.41, 5.74) is 5.75. The number of hydrogen-bond donors (Lipinski definition) is 0. The summed E-state index contributed by atoms with van der Waals surface area (Å²) in [6.07, 6.45) is 0. The molecular formula is C24H15FO. The number of fused-ring (bicyclic) bond motifs is 3. The highest BCUT2D eigenvalue weighted by Gasteiger charge is 2.12. The average molecular weight is 338 g/mol. The van der Waals surface area contributed by atoms with Crippen LogP contribution in [0.5, 0.6) is 0 Å². The average Bonchev–Trinajstić information content (AvgIpc) is 3.08. The summed E-state index contributed by atoms with van der Waals surface area (Å²) in [6, 6.07) is 29.6. The van der Waals surface area contributed by atoms with Crippen LogP contribution in [0.3, 0.4) is 0 Å². The summed E-state index contributed by atoms with van der Waals surface area (Å²) >= 11 is 0. The molecule has 5 rings (SSSR count). The highest BCUT2D eigenvalue weighted by molar-refractivity contribution is 6.06. The molecule has 0 amide bonds. The lowest BCUT2D eigenvalue weighted by Crippen LogP contribution is -1.82. The van der Waals surface area contributed by atoms with Gasteiger partial charge in [-0.2, -0.15) is 0 Å². The van der Waals surface area contributed by atoms with E-state index in [1.807, 2.05) is 36.4 Å². The first kappa shape index (κ1) is 14.9. The minimum Gasteiger partial charge on any atom is -0.456 e. The Kier molecular flexibility index (Phi) is 3.36. The Morgan fingerprint density at radius 2 is 1.23 bits per heavy atom. The quantitative estimate of drug-likeness (QED) is 0.336. The van der Waals surface area contributed by atoms with Gasteiger partial charge in [0, 0.05) is 5.39 Å². The van der Waals surface area contributed by atoms with E-state index in [9.17, 15) is 4.39 Å². The van der Waals surface area contributed by atoms with Gasteiger partial charge >= 0.3 is 0 Å². The predicted molar refractivity (Wildman–Crippen MR) is 105 cm³/mol. The molecule has 0 atom stereocenters. The molecule has 0 aliphatic heterocycles. The van der Waals surface area contributed by atoms with Crippen molar-refractivity contribution in [3.05, 3.63) is 96.8 Å². The predicted octanol–water partition coefficient (Wildman–Crippen LogP) is 7.06. The van der Waals surface area contributed by atoms with Crippen molar-refractivity contribution in [2.45, 2.75) is 0 Å². The maximum Gasteiger partial charge on any atom is 0.138 e. The molecule has 0 radical (unpaired) electrons. The molecule has 0 N–H and O–H groups in total. The topological polar surface area (TPSA) is 13.1 Å². The maximum atomic E-state index is 14.3. The molecule has 0 aliphatic rings. The van der Waals surface area contributed by atoms with Gasteiger partial charge in [0.05, 0.1) is 5.39 Å². The third-order valence-electron chi connectivity index (χ3n) is 4.75. The summed E-state index contributed by atoms with van der Waals surface area (Å²) < 4.78 is 20.1. The van der Waals surface area contributed by atoms with Crippen molar-refractivity contribution in [3.63, 3.8) is 0 Å². The van der Waals surface area contributed by atoms with E-state index < -0.39 is 0 Å². The molecular weight excluding hydrogens is 323 g/mol. The lowest BCUT2D eigenvalue weighted by atomic mass is 9.98. The van der Waals surface area contributed by atoms with E-state index >= 15 is 0 Å². The van der Waals surface area contributed by atoms with Crippen LogP contribution in [0.4, 0.5) is 4.39 Å². The maximum absolute atomic E-state index is 14.3. The molecule has 1 heterocycles. The smallest absolute Gasteiger partial charge is 0.138 e. The van der Waals surface area contributed by atoms with Crippen LogP contribution in [0.1, 0.15) is 0 Å². The minimum atomic E-state index is -0.253. The second-order valence-electron chi connectivity index (χ2n) is 6.37. The van der Waals surface area contributed by atoms with Crippen molar-refractivity contribution in [2.75, 3.05) is 0 Å². The van der Waals surface area contributed by atoms with Gasteiger partial charge in [0.2, 0.25) is 0 Å². The Bertz CT molecular complexity index is 1240. The molecule has 0 spiro atoms. The fourth-order valence-electron chi connectivity index (χ4n) is 3.47. The van der Waals surface area contributed by atoms with Gasteiger partial charge in [0.25, 0.3) is 0 Å². The van der Waals surface area contributed by atoms with Gasteiger partial charge in [-0.05, 0) is 52.6 Å². The largest absolute Gasteiger partial charge is 0.456 e. The molecule has 4 aromatic carbocycles. The first-order valence-electron chi connectivity index (χ1n) is 8.56. The van der Waals surface area contributed by atoms with Crippen molar-refractivity contribution in [1.82, 2.24) is 0 Å². The molecule has 5 aromatic rings. The Morgan fingerprint density at radius 3 is 2.08 bits per heavy atom. The van der Waals surface area contributed by atoms with Gasteiger partial charge in [-0.25, -0.2) is 4.39 Å². The normalized spacial score (nSPS) is 11.3. The van der Waals surface area contributed by atoms with E-state index in [1.165, 1.54) is 11.6 Å². The molecule has 0 unspecified atom stereocenters. The van der Waals surface area contributed by atoms with Crippen molar-refractivity contribution >= 4 is 21.9 Å². The molecule has 2 heteroatoms. The van der Waals surface area contributed by atoms with Gasteiger partial charge in [0.1, 0.15) is 17.0 Å². The molecule has 0 saturated heterocycles. The minimum absolute atomic E-state index is 0.253. The molecule has 124 valence electrons. The van der Waals surface area contributed by atoms with Crippen molar-refractivity contribution in [1.29, 1.82) is 0 Å². The van der Waals surface area contributed by atoms with E-state index in [4.69, 9.17) is 4.42 Å². The second kappa shape index (κ2) is 5.85. The van der Waals surface area contributed by atoms with Crippen LogP contribution in [-0.4, -0.2) is 0 Å². The Morgan fingerprint density at radius 1 is 0.538 bits per heavy atom. The van der Waals surface area contributed by atoms with Crippen LogP contribution in [-0.2, 0) is 0 Å². The van der Waals surface area contributed by atoms with Gasteiger partial charge in [-0.15, -0.1) is 0 Å². The lowest BCUT2D eigenvalue weighted by molar-refractivity contribution is 0.634. The summed E-state index contributed by atoms with van der Waals surface area (Å²) in [7, 11) is 0. The van der Waals surface area contributed by atoms with Gasteiger partial charge in [-0.3, -0.25) is 0 Å². The summed E-state index contributed by atoms with van der Waals surface area (Å²) in [4.78, 5) is 0. The summed E-state index contributed by atoms with van der Waals surface area (Å²) in [5.74, 6) is -0.253. The van der Waals surface area contributed by atoms with Crippen molar-refractivity contribution in [2.24, 2.45) is 0 Å². The van der Waals surface area contributed by atoms with Crippen molar-refractivity contribution in [3.8, 4) is 22.3 Å². The van der Waals surface area contributed by atoms with Gasteiger partial charge < -0.3 is 4.42 Å². The van der Waals surface area contributed by atoms with Crippen LogP contribution in [0.25, 0.3) is 44.2 Å². The zero-order valence-corrected chi connectivity index (χ0v) is 13.9. The molecule has 0 saturated carbocycles. The van der Waals surface area contributed by atoms with Gasteiger partial charge in [-0.1, -0.05) is 60.7 Å². The summed E-state index contributed by atoms with van der Waals surface area (Å²) in [6.45, 7) is 0. The molecule has 0 bridgehead atoms. The van der Waals surface area contributed by atoms with E-state index in [1.54, 1.807) is 12.1 Å². The fraction of sp³-hybridized carbons (Fsp3) is 0. The standard InChI is InChI=1S/C24H15FO/c25-21-10-5-11-23-24(21)20-15-19(12-13-22(20)26-23)18-9-4-8-17(14-18)16-6-2-1-3-7-16/h1-15H. The van der Waals surface area contributed by atoms with Crippen LogP contribution in [0.15, 0.2) is 95.4 Å². The molecule has 1 nitrogen and oxygen atoms in total. The van der Waals surface area contributed by atoms with Gasteiger partial charge in [0.15, 0.2) is 0 Å². The second-order valence-corrected chi connectivity index (χ2v) is 6.37. The molecule has 0 aliphatic carbocycles. The first-order chi connectivity index (χ1) is 12.8. The highest BCUT2D eigenvalue weighted by atomic mass is 19.1. The fourth-order valence-corrected chi connectivity index (χ4v) is 3.47. The van der Waals surface area contributed by atoms with Crippen LogP contribution in [0.2, 0.25) is 0 Å². The number of furan rings is 1. The molecule has 26 heavy (non-hydrogen) atoms. The van der Waals surface area contributed by atoms with E-state index in [0.29, 0.717) is 16.6 Å². The number of halogens is 1. The van der Waals surface area contributed by atoms with Crippen LogP contribution in [0, 0.1) is 5.82 Å². The Hall–Kier alpha value is -3.39. The third-order valence-corrected chi connectivity index (χ3v) is 4.75.